The topological polar surface area (TPSA) is 50.4 Å². The third-order valence-electron chi connectivity index (χ3n) is 8.41. The van der Waals surface area contributed by atoms with Crippen LogP contribution in [0.4, 0.5) is 0 Å². The molecule has 2 bridgehead atoms. The van der Waals surface area contributed by atoms with Gasteiger partial charge in [0.1, 0.15) is 0 Å². The smallest absolute Gasteiger partial charge is 0.335 e. The van der Waals surface area contributed by atoms with Gasteiger partial charge in [0.05, 0.1) is 11.9 Å². The normalized spacial score (nSPS) is 25.8. The van der Waals surface area contributed by atoms with Crippen molar-refractivity contribution in [2.75, 3.05) is 19.6 Å². The van der Waals surface area contributed by atoms with Crippen molar-refractivity contribution in [2.24, 2.45) is 17.3 Å². The highest BCUT2D eigenvalue weighted by Gasteiger charge is 2.51. The van der Waals surface area contributed by atoms with E-state index < -0.39 is 0 Å². The molecule has 2 fully saturated rings. The van der Waals surface area contributed by atoms with E-state index in [2.05, 4.69) is 31.7 Å². The lowest BCUT2D eigenvalue weighted by molar-refractivity contribution is -0.0115. The molecular formula is C26H35N3O2. The van der Waals surface area contributed by atoms with Crippen molar-refractivity contribution < 1.29 is 5.11 Å². The van der Waals surface area contributed by atoms with Crippen molar-refractivity contribution in [1.82, 2.24) is 14.0 Å². The molecular weight excluding hydrogens is 386 g/mol. The van der Waals surface area contributed by atoms with Gasteiger partial charge in [-0.3, -0.25) is 9.47 Å². The van der Waals surface area contributed by atoms with E-state index in [0.29, 0.717) is 5.41 Å². The number of piperidine rings is 1. The molecule has 1 saturated heterocycles. The number of nitrogens with zero attached hydrogens (tertiary/aromatic N) is 3. The second kappa shape index (κ2) is 7.70. The van der Waals surface area contributed by atoms with Crippen LogP contribution in [-0.4, -0.2) is 38.8 Å². The summed E-state index contributed by atoms with van der Waals surface area (Å²) in [6.45, 7) is 10.0. The average Bonchev–Trinajstić information content (AvgIpc) is 3.08. The first-order valence-electron chi connectivity index (χ1n) is 11.9. The Labute approximate surface area is 185 Å². The van der Waals surface area contributed by atoms with Gasteiger partial charge in [0, 0.05) is 25.7 Å². The summed E-state index contributed by atoms with van der Waals surface area (Å²) in [5, 5.41) is 10.5. The number of likely N-dealkylation sites (tertiary alicyclic amines) is 1. The Morgan fingerprint density at radius 2 is 1.97 bits per heavy atom. The maximum atomic E-state index is 13.2. The van der Waals surface area contributed by atoms with Gasteiger partial charge in [-0.2, -0.15) is 0 Å². The van der Waals surface area contributed by atoms with Crippen LogP contribution in [0.3, 0.4) is 0 Å². The molecule has 1 aromatic carbocycles. The van der Waals surface area contributed by atoms with E-state index in [1.807, 2.05) is 24.3 Å². The highest BCUT2D eigenvalue weighted by molar-refractivity contribution is 5.39. The minimum atomic E-state index is -0.138. The number of imidazole rings is 1. The van der Waals surface area contributed by atoms with E-state index in [1.165, 1.54) is 17.4 Å². The first-order valence-corrected chi connectivity index (χ1v) is 11.9. The number of benzene rings is 1. The van der Waals surface area contributed by atoms with Crippen molar-refractivity contribution in [3.63, 3.8) is 0 Å². The fourth-order valence-corrected chi connectivity index (χ4v) is 6.14. The van der Waals surface area contributed by atoms with Crippen molar-refractivity contribution in [3.05, 3.63) is 58.2 Å². The SMILES string of the molecule is CCc1cccc(-n2c(O)cn(C3CCN(CC4=CC[C@H]5C[C@@H]4C5(C)C)CC3)c2=O)c1. The quantitative estimate of drug-likeness (QED) is 0.722. The maximum Gasteiger partial charge on any atom is 0.335 e. The second-order valence-corrected chi connectivity index (χ2v) is 10.4. The predicted octanol–water partition coefficient (Wildman–Crippen LogP) is 4.54. The predicted molar refractivity (Wildman–Crippen MR) is 124 cm³/mol. The molecule has 1 aromatic heterocycles. The number of hydrogen-bond acceptors (Lipinski definition) is 3. The molecule has 0 unspecified atom stereocenters. The van der Waals surface area contributed by atoms with Crippen LogP contribution in [-0.2, 0) is 6.42 Å². The maximum absolute atomic E-state index is 13.2. The molecule has 6 rings (SSSR count). The molecule has 1 saturated carbocycles. The Balaban J connectivity index is 1.27. The lowest BCUT2D eigenvalue weighted by Crippen LogP contribution is -2.50. The first-order chi connectivity index (χ1) is 14.9. The van der Waals surface area contributed by atoms with E-state index in [1.54, 1.807) is 16.3 Å². The number of aromatic nitrogens is 2. The molecule has 2 aromatic rings. The molecule has 0 radical (unpaired) electrons. The van der Waals surface area contributed by atoms with Gasteiger partial charge < -0.3 is 5.11 Å². The summed E-state index contributed by atoms with van der Waals surface area (Å²) < 4.78 is 3.19. The summed E-state index contributed by atoms with van der Waals surface area (Å²) in [6.07, 6.45) is 9.54. The number of hydrogen-bond donors (Lipinski definition) is 1. The largest absolute Gasteiger partial charge is 0.493 e. The molecule has 5 heteroatoms. The van der Waals surface area contributed by atoms with Gasteiger partial charge in [-0.15, -0.1) is 0 Å². The van der Waals surface area contributed by atoms with Gasteiger partial charge in [-0.05, 0) is 67.1 Å². The summed E-state index contributed by atoms with van der Waals surface area (Å²) in [5.41, 5.74) is 3.88. The minimum Gasteiger partial charge on any atom is -0.493 e. The molecule has 1 aliphatic heterocycles. The Morgan fingerprint density at radius 3 is 2.65 bits per heavy atom. The summed E-state index contributed by atoms with van der Waals surface area (Å²) >= 11 is 0. The Bertz CT molecular complexity index is 1050. The number of rotatable bonds is 5. The number of aromatic hydroxyl groups is 1. The Hall–Kier alpha value is -2.27. The van der Waals surface area contributed by atoms with E-state index in [4.69, 9.17) is 0 Å². The number of allylic oxidation sites excluding steroid dienone is 1. The fraction of sp³-hybridized carbons (Fsp3) is 0.577. The molecule has 3 aliphatic carbocycles. The zero-order valence-corrected chi connectivity index (χ0v) is 19.1. The van der Waals surface area contributed by atoms with Gasteiger partial charge in [0.15, 0.2) is 0 Å². The van der Waals surface area contributed by atoms with Crippen LogP contribution in [0.25, 0.3) is 5.69 Å². The molecule has 2 heterocycles. The van der Waals surface area contributed by atoms with E-state index >= 15 is 0 Å². The zero-order valence-electron chi connectivity index (χ0n) is 19.1. The summed E-state index contributed by atoms with van der Waals surface area (Å²) in [5.74, 6) is 1.67. The van der Waals surface area contributed by atoms with Crippen LogP contribution in [0.15, 0.2) is 46.9 Å². The first kappa shape index (κ1) is 20.6. The minimum absolute atomic E-state index is 0.0230. The monoisotopic (exact) mass is 421 g/mol. The van der Waals surface area contributed by atoms with Crippen molar-refractivity contribution >= 4 is 0 Å². The highest BCUT2D eigenvalue weighted by atomic mass is 16.3. The Kier molecular flexibility index (Phi) is 5.12. The third-order valence-corrected chi connectivity index (χ3v) is 8.41. The second-order valence-electron chi connectivity index (χ2n) is 10.4. The van der Waals surface area contributed by atoms with Crippen LogP contribution in [0.1, 0.15) is 58.1 Å². The summed E-state index contributed by atoms with van der Waals surface area (Å²) in [4.78, 5) is 15.7. The zero-order chi connectivity index (χ0) is 21.8. The standard InChI is InChI=1S/C26H35N3O2/c1-4-18-6-5-7-22(14-18)29-24(30)17-28(25(29)31)21-10-12-27(13-11-21)16-19-8-9-20-15-23(19)26(20,2)3/h5-8,14,17,20-21,23,30H,4,9-13,15-16H2,1-3H3/t20-,23-/m0/s1. The van der Waals surface area contributed by atoms with Crippen LogP contribution >= 0.6 is 0 Å². The van der Waals surface area contributed by atoms with Gasteiger partial charge >= 0.3 is 5.69 Å². The van der Waals surface area contributed by atoms with Crippen molar-refractivity contribution in [3.8, 4) is 11.6 Å². The number of aryl methyl sites for hydroxylation is 1. The molecule has 5 nitrogen and oxygen atoms in total. The van der Waals surface area contributed by atoms with Gasteiger partial charge in [-0.25, -0.2) is 9.36 Å². The molecule has 1 N–H and O–H groups in total. The van der Waals surface area contributed by atoms with Crippen LogP contribution in [0.5, 0.6) is 5.88 Å². The molecule has 31 heavy (non-hydrogen) atoms. The molecule has 4 aliphatic rings. The molecule has 0 spiro atoms. The summed E-state index contributed by atoms with van der Waals surface area (Å²) in [6, 6.07) is 8.01. The van der Waals surface area contributed by atoms with Crippen LogP contribution < -0.4 is 5.69 Å². The highest BCUT2D eigenvalue weighted by Crippen LogP contribution is 2.59. The van der Waals surface area contributed by atoms with Gasteiger partial charge in [0.25, 0.3) is 0 Å². The van der Waals surface area contributed by atoms with E-state index in [0.717, 1.165) is 62.0 Å². The molecule has 2 atom stereocenters. The van der Waals surface area contributed by atoms with Crippen LogP contribution in [0, 0.1) is 17.3 Å². The number of fused-ring (bicyclic) bond motifs is 1. The molecule has 0 amide bonds. The fourth-order valence-electron chi connectivity index (χ4n) is 6.14. The third kappa shape index (κ3) is 3.47. The van der Waals surface area contributed by atoms with Gasteiger partial charge in [0.2, 0.25) is 5.88 Å². The van der Waals surface area contributed by atoms with Gasteiger partial charge in [-0.1, -0.05) is 44.6 Å². The lowest BCUT2D eigenvalue weighted by atomic mass is 9.49. The average molecular weight is 422 g/mol. The molecule has 166 valence electrons. The van der Waals surface area contributed by atoms with Crippen LogP contribution in [0.2, 0.25) is 0 Å². The van der Waals surface area contributed by atoms with E-state index in [9.17, 15) is 9.90 Å². The summed E-state index contributed by atoms with van der Waals surface area (Å²) in [7, 11) is 0. The Morgan fingerprint density at radius 1 is 1.19 bits per heavy atom. The van der Waals surface area contributed by atoms with Crippen molar-refractivity contribution in [1.29, 1.82) is 0 Å². The van der Waals surface area contributed by atoms with E-state index in [-0.39, 0.29) is 17.6 Å². The lowest BCUT2D eigenvalue weighted by Gasteiger charge is -2.57. The van der Waals surface area contributed by atoms with Crippen molar-refractivity contribution in [2.45, 2.75) is 58.9 Å².